The van der Waals surface area contributed by atoms with Crippen molar-refractivity contribution < 1.29 is 24.5 Å². The van der Waals surface area contributed by atoms with Gasteiger partial charge >= 0.3 is 5.97 Å². The van der Waals surface area contributed by atoms with Crippen molar-refractivity contribution in [3.05, 3.63) is 0 Å². The Labute approximate surface area is 432 Å². The molecule has 0 heterocycles. The van der Waals surface area contributed by atoms with Gasteiger partial charge in [-0.05, 0) is 25.7 Å². The molecule has 6 heteroatoms. The second-order valence-electron chi connectivity index (χ2n) is 22.1. The number of aliphatic hydroxyl groups excluding tert-OH is 2. The highest BCUT2D eigenvalue weighted by Crippen LogP contribution is 2.19. The first-order valence-electron chi connectivity index (χ1n) is 31.8. The number of unbranched alkanes of at least 4 members (excludes halogenated alkanes) is 49. The first-order chi connectivity index (χ1) is 34.0. The minimum Gasteiger partial charge on any atom is -0.466 e. The largest absolute Gasteiger partial charge is 0.466 e. The number of rotatable bonds is 60. The van der Waals surface area contributed by atoms with Crippen molar-refractivity contribution in [3.63, 3.8) is 0 Å². The molecule has 0 aromatic rings. The Morgan fingerprint density at radius 1 is 0.348 bits per heavy atom. The summed E-state index contributed by atoms with van der Waals surface area (Å²) in [4.78, 5) is 24.6. The van der Waals surface area contributed by atoms with Gasteiger partial charge in [-0.2, -0.15) is 0 Å². The highest BCUT2D eigenvalue weighted by Gasteiger charge is 2.20. The normalized spacial score (nSPS) is 12.5. The zero-order chi connectivity index (χ0) is 50.0. The number of aliphatic hydroxyl groups is 2. The van der Waals surface area contributed by atoms with Crippen molar-refractivity contribution in [1.82, 2.24) is 5.32 Å². The molecular formula is C63H125NO5. The fourth-order valence-electron chi connectivity index (χ4n) is 10.3. The van der Waals surface area contributed by atoms with Crippen molar-refractivity contribution in [3.8, 4) is 0 Å². The van der Waals surface area contributed by atoms with Crippen LogP contribution in [0.5, 0.6) is 0 Å². The summed E-state index contributed by atoms with van der Waals surface area (Å²) in [5, 5.41) is 23.4. The van der Waals surface area contributed by atoms with Gasteiger partial charge in [-0.3, -0.25) is 9.59 Å². The van der Waals surface area contributed by atoms with E-state index in [1.54, 1.807) is 0 Å². The van der Waals surface area contributed by atoms with Crippen LogP contribution in [0, 0.1) is 0 Å². The van der Waals surface area contributed by atoms with Crippen molar-refractivity contribution in [2.24, 2.45) is 0 Å². The van der Waals surface area contributed by atoms with Crippen LogP contribution in [-0.4, -0.2) is 47.4 Å². The molecule has 3 N–H and O–H groups in total. The summed E-state index contributed by atoms with van der Waals surface area (Å²) in [6.07, 6.45) is 69.6. The molecule has 412 valence electrons. The number of carbonyl (C=O) groups is 2. The zero-order valence-electron chi connectivity index (χ0n) is 47.1. The molecule has 0 rings (SSSR count). The van der Waals surface area contributed by atoms with Gasteiger partial charge in [-0.15, -0.1) is 0 Å². The molecule has 0 aliphatic rings. The Kier molecular flexibility index (Phi) is 58.4. The molecule has 0 bridgehead atoms. The van der Waals surface area contributed by atoms with Crippen molar-refractivity contribution in [2.45, 2.75) is 379 Å². The fourth-order valence-corrected chi connectivity index (χ4v) is 10.3. The van der Waals surface area contributed by atoms with E-state index in [9.17, 15) is 19.8 Å². The van der Waals surface area contributed by atoms with Gasteiger partial charge in [0.1, 0.15) is 0 Å². The summed E-state index contributed by atoms with van der Waals surface area (Å²) in [6, 6.07) is -0.549. The molecule has 69 heavy (non-hydrogen) atoms. The number of ether oxygens (including phenoxy) is 1. The van der Waals surface area contributed by atoms with E-state index in [1.807, 2.05) is 0 Å². The van der Waals surface area contributed by atoms with Crippen molar-refractivity contribution in [2.75, 3.05) is 13.2 Å². The molecule has 2 atom stereocenters. The minimum atomic E-state index is -0.671. The van der Waals surface area contributed by atoms with Crippen LogP contribution in [0.15, 0.2) is 0 Å². The molecule has 0 aromatic carbocycles. The summed E-state index contributed by atoms with van der Waals surface area (Å²) in [5.74, 6) is -0.0378. The van der Waals surface area contributed by atoms with E-state index in [4.69, 9.17) is 4.74 Å². The standard InChI is InChI=1S/C63H125NO5/c1-3-5-7-9-11-13-15-17-19-20-21-22-23-24-25-26-28-31-35-39-43-47-51-55-61(66)60(59-65)64-62(67)56-52-48-44-40-36-32-29-30-34-38-42-46-50-54-58-69-63(68)57-53-49-45-41-37-33-27-18-16-14-12-10-8-6-4-2/h60-61,65-66H,3-59H2,1-2H3,(H,64,67). The number of esters is 1. The van der Waals surface area contributed by atoms with Gasteiger partial charge in [0.2, 0.25) is 5.91 Å². The maximum absolute atomic E-state index is 12.5. The average molecular weight is 977 g/mol. The third-order valence-electron chi connectivity index (χ3n) is 15.2. The van der Waals surface area contributed by atoms with Gasteiger partial charge in [0.25, 0.3) is 0 Å². The van der Waals surface area contributed by atoms with Crippen LogP contribution in [0.25, 0.3) is 0 Å². The molecule has 0 spiro atoms. The molecule has 0 fully saturated rings. The quantitative estimate of drug-likeness (QED) is 0.0417. The molecule has 0 radical (unpaired) electrons. The lowest BCUT2D eigenvalue weighted by Crippen LogP contribution is -2.45. The van der Waals surface area contributed by atoms with E-state index in [0.717, 1.165) is 51.4 Å². The van der Waals surface area contributed by atoms with E-state index in [0.29, 0.717) is 25.9 Å². The van der Waals surface area contributed by atoms with Gasteiger partial charge in [0.15, 0.2) is 0 Å². The number of nitrogens with one attached hydrogen (secondary N) is 1. The maximum Gasteiger partial charge on any atom is 0.305 e. The summed E-state index contributed by atoms with van der Waals surface area (Å²) in [5.41, 5.74) is 0. The highest BCUT2D eigenvalue weighted by molar-refractivity contribution is 5.76. The number of hydrogen-bond donors (Lipinski definition) is 3. The molecule has 1 amide bonds. The van der Waals surface area contributed by atoms with Crippen LogP contribution in [0.4, 0.5) is 0 Å². The second kappa shape index (κ2) is 59.4. The van der Waals surface area contributed by atoms with Crippen LogP contribution in [0.3, 0.4) is 0 Å². The Bertz CT molecular complexity index is 990. The second-order valence-corrected chi connectivity index (χ2v) is 22.1. The van der Waals surface area contributed by atoms with Gasteiger partial charge in [-0.1, -0.05) is 328 Å². The molecule has 0 aromatic heterocycles. The molecule has 6 nitrogen and oxygen atoms in total. The number of amides is 1. The average Bonchev–Trinajstić information content (AvgIpc) is 3.35. The van der Waals surface area contributed by atoms with E-state index in [-0.39, 0.29) is 18.5 Å². The molecule has 2 unspecified atom stereocenters. The first kappa shape index (κ1) is 67.9. The predicted octanol–water partition coefficient (Wildman–Crippen LogP) is 19.9. The topological polar surface area (TPSA) is 95.9 Å². The van der Waals surface area contributed by atoms with Crippen LogP contribution < -0.4 is 5.32 Å². The molecular weight excluding hydrogens is 851 g/mol. The van der Waals surface area contributed by atoms with E-state index < -0.39 is 12.1 Å². The summed E-state index contributed by atoms with van der Waals surface area (Å²) < 4.78 is 5.48. The lowest BCUT2D eigenvalue weighted by molar-refractivity contribution is -0.143. The minimum absolute atomic E-state index is 0.00241. The maximum atomic E-state index is 12.5. The highest BCUT2D eigenvalue weighted by atomic mass is 16.5. The monoisotopic (exact) mass is 976 g/mol. The molecule has 0 aliphatic heterocycles. The summed E-state index contributed by atoms with van der Waals surface area (Å²) in [7, 11) is 0. The zero-order valence-corrected chi connectivity index (χ0v) is 47.1. The molecule has 0 saturated heterocycles. The van der Waals surface area contributed by atoms with Crippen LogP contribution >= 0.6 is 0 Å². The molecule has 0 saturated carbocycles. The fraction of sp³-hybridized carbons (Fsp3) is 0.968. The summed E-state index contributed by atoms with van der Waals surface area (Å²) in [6.45, 7) is 4.97. The number of hydrogen-bond acceptors (Lipinski definition) is 5. The predicted molar refractivity (Wildman–Crippen MR) is 301 cm³/mol. The molecule has 0 aliphatic carbocycles. The SMILES string of the molecule is CCCCCCCCCCCCCCCCCCCCCCCCCC(O)C(CO)NC(=O)CCCCCCCCCCCCCCCCOC(=O)CCCCCCCCCCCCCCCCC. The Balaban J connectivity index is 3.41. The van der Waals surface area contributed by atoms with Gasteiger partial charge in [0.05, 0.1) is 25.4 Å². The van der Waals surface area contributed by atoms with Gasteiger partial charge in [-0.25, -0.2) is 0 Å². The Morgan fingerprint density at radius 2 is 0.594 bits per heavy atom. The van der Waals surface area contributed by atoms with Crippen LogP contribution in [0.2, 0.25) is 0 Å². The lowest BCUT2D eigenvalue weighted by Gasteiger charge is -2.22. The Hall–Kier alpha value is -1.14. The van der Waals surface area contributed by atoms with Crippen molar-refractivity contribution >= 4 is 11.9 Å². The van der Waals surface area contributed by atoms with Crippen molar-refractivity contribution in [1.29, 1.82) is 0 Å². The first-order valence-corrected chi connectivity index (χ1v) is 31.8. The number of carbonyl (C=O) groups excluding carboxylic acids is 2. The smallest absolute Gasteiger partial charge is 0.305 e. The summed E-state index contributed by atoms with van der Waals surface area (Å²) >= 11 is 0. The van der Waals surface area contributed by atoms with E-state index in [1.165, 1.54) is 283 Å². The van der Waals surface area contributed by atoms with Gasteiger partial charge < -0.3 is 20.3 Å². The lowest BCUT2D eigenvalue weighted by atomic mass is 10.0. The Morgan fingerprint density at radius 3 is 0.884 bits per heavy atom. The third-order valence-corrected chi connectivity index (χ3v) is 15.2. The van der Waals surface area contributed by atoms with Gasteiger partial charge in [0, 0.05) is 12.8 Å². The van der Waals surface area contributed by atoms with Crippen LogP contribution in [-0.2, 0) is 14.3 Å². The van der Waals surface area contributed by atoms with E-state index >= 15 is 0 Å². The third kappa shape index (κ3) is 56.0. The van der Waals surface area contributed by atoms with Crippen LogP contribution in [0.1, 0.15) is 367 Å². The van der Waals surface area contributed by atoms with E-state index in [2.05, 4.69) is 19.2 Å².